The first kappa shape index (κ1) is 12.2. The summed E-state index contributed by atoms with van der Waals surface area (Å²) in [6.07, 6.45) is -0.377. The van der Waals surface area contributed by atoms with Gasteiger partial charge in [0, 0.05) is 5.56 Å². The maximum atomic E-state index is 13.3. The molecule has 0 fully saturated rings. The van der Waals surface area contributed by atoms with Gasteiger partial charge in [-0.05, 0) is 25.1 Å². The van der Waals surface area contributed by atoms with E-state index in [2.05, 4.69) is 4.74 Å². The predicted octanol–water partition coefficient (Wildman–Crippen LogP) is 1.58. The van der Waals surface area contributed by atoms with Crippen molar-refractivity contribution in [2.45, 2.75) is 13.0 Å². The van der Waals surface area contributed by atoms with Crippen molar-refractivity contribution in [2.75, 3.05) is 7.11 Å². The maximum absolute atomic E-state index is 13.3. The summed E-state index contributed by atoms with van der Waals surface area (Å²) in [6, 6.07) is 3.72. The van der Waals surface area contributed by atoms with Gasteiger partial charge in [-0.25, -0.2) is 9.18 Å². The second-order valence-corrected chi connectivity index (χ2v) is 3.09. The molecule has 0 heterocycles. The standard InChI is InChI=1S/C11H11FO4/c1-7(11(14)15-2)16-10-4-3-8(6-13)5-9(10)12/h3-7H,1-2H3/t7-/m0/s1. The number of halogens is 1. The van der Waals surface area contributed by atoms with Crippen LogP contribution in [-0.4, -0.2) is 25.5 Å². The van der Waals surface area contributed by atoms with Gasteiger partial charge >= 0.3 is 5.97 Å². The fourth-order valence-electron chi connectivity index (χ4n) is 1.09. The number of aldehydes is 1. The van der Waals surface area contributed by atoms with Gasteiger partial charge in [0.25, 0.3) is 0 Å². The fraction of sp³-hybridized carbons (Fsp3) is 0.273. The van der Waals surface area contributed by atoms with E-state index in [1.165, 1.54) is 26.2 Å². The minimum absolute atomic E-state index is 0.0940. The summed E-state index contributed by atoms with van der Waals surface area (Å²) < 4.78 is 22.8. The molecule has 1 atom stereocenters. The topological polar surface area (TPSA) is 52.6 Å². The highest BCUT2D eigenvalue weighted by Gasteiger charge is 2.16. The molecule has 0 aliphatic rings. The fourth-order valence-corrected chi connectivity index (χ4v) is 1.09. The van der Waals surface area contributed by atoms with Crippen molar-refractivity contribution >= 4 is 12.3 Å². The van der Waals surface area contributed by atoms with Gasteiger partial charge in [0.1, 0.15) is 6.29 Å². The Balaban J connectivity index is 2.82. The van der Waals surface area contributed by atoms with E-state index in [0.717, 1.165) is 6.07 Å². The van der Waals surface area contributed by atoms with Gasteiger partial charge in [0.2, 0.25) is 0 Å². The molecule has 0 radical (unpaired) electrons. The van der Waals surface area contributed by atoms with Crippen LogP contribution in [0.15, 0.2) is 18.2 Å². The molecule has 1 aromatic rings. The van der Waals surface area contributed by atoms with E-state index in [4.69, 9.17) is 4.74 Å². The molecule has 1 rings (SSSR count). The molecule has 0 spiro atoms. The number of carbonyl (C=O) groups is 2. The van der Waals surface area contributed by atoms with E-state index < -0.39 is 17.9 Å². The van der Waals surface area contributed by atoms with Gasteiger partial charge in [-0.15, -0.1) is 0 Å². The number of methoxy groups -OCH3 is 1. The van der Waals surface area contributed by atoms with Crippen LogP contribution in [0.4, 0.5) is 4.39 Å². The summed E-state index contributed by atoms with van der Waals surface area (Å²) in [5, 5.41) is 0. The molecular formula is C11H11FO4. The number of rotatable bonds is 4. The Labute approximate surface area is 92.0 Å². The van der Waals surface area contributed by atoms with E-state index in [1.807, 2.05) is 0 Å². The number of benzene rings is 1. The molecule has 0 N–H and O–H groups in total. The van der Waals surface area contributed by atoms with Gasteiger partial charge in [0.05, 0.1) is 7.11 Å². The van der Waals surface area contributed by atoms with E-state index in [9.17, 15) is 14.0 Å². The second kappa shape index (κ2) is 5.25. The molecule has 1 aromatic carbocycles. The summed E-state index contributed by atoms with van der Waals surface area (Å²) in [7, 11) is 1.22. The third-order valence-corrected chi connectivity index (χ3v) is 1.93. The number of carbonyl (C=O) groups excluding carboxylic acids is 2. The van der Waals surface area contributed by atoms with Gasteiger partial charge < -0.3 is 9.47 Å². The first-order valence-electron chi connectivity index (χ1n) is 4.57. The first-order chi connectivity index (χ1) is 7.58. The number of esters is 1. The molecule has 0 unspecified atom stereocenters. The molecule has 0 saturated carbocycles. The van der Waals surface area contributed by atoms with E-state index in [0.29, 0.717) is 6.29 Å². The highest BCUT2D eigenvalue weighted by Crippen LogP contribution is 2.19. The summed E-state index contributed by atoms with van der Waals surface area (Å²) in [6.45, 7) is 1.44. The van der Waals surface area contributed by atoms with Crippen LogP contribution in [0.3, 0.4) is 0 Å². The van der Waals surface area contributed by atoms with Crippen LogP contribution in [0.2, 0.25) is 0 Å². The third-order valence-electron chi connectivity index (χ3n) is 1.93. The molecule has 0 amide bonds. The van der Waals surface area contributed by atoms with Gasteiger partial charge in [-0.2, -0.15) is 0 Å². The van der Waals surface area contributed by atoms with Crippen LogP contribution in [0.25, 0.3) is 0 Å². The third kappa shape index (κ3) is 2.79. The smallest absolute Gasteiger partial charge is 0.346 e. The largest absolute Gasteiger partial charge is 0.476 e. The van der Waals surface area contributed by atoms with Crippen molar-refractivity contribution in [3.8, 4) is 5.75 Å². The van der Waals surface area contributed by atoms with Crippen LogP contribution in [-0.2, 0) is 9.53 Å². The van der Waals surface area contributed by atoms with E-state index in [1.54, 1.807) is 0 Å². The Morgan fingerprint density at radius 2 is 2.19 bits per heavy atom. The van der Waals surface area contributed by atoms with E-state index >= 15 is 0 Å². The van der Waals surface area contributed by atoms with Crippen molar-refractivity contribution in [1.82, 2.24) is 0 Å². The molecule has 16 heavy (non-hydrogen) atoms. The molecule has 4 nitrogen and oxygen atoms in total. The van der Waals surface area contributed by atoms with E-state index in [-0.39, 0.29) is 11.3 Å². The number of hydrogen-bond acceptors (Lipinski definition) is 4. The van der Waals surface area contributed by atoms with Crippen LogP contribution in [0.5, 0.6) is 5.75 Å². The minimum atomic E-state index is -0.901. The Hall–Kier alpha value is -1.91. The van der Waals surface area contributed by atoms with Crippen LogP contribution in [0, 0.1) is 5.82 Å². The molecule has 0 aliphatic carbocycles. The average Bonchev–Trinajstić information content (AvgIpc) is 2.30. The lowest BCUT2D eigenvalue weighted by atomic mass is 10.2. The highest BCUT2D eigenvalue weighted by molar-refractivity contribution is 5.75. The molecule has 0 aliphatic heterocycles. The maximum Gasteiger partial charge on any atom is 0.346 e. The van der Waals surface area contributed by atoms with Gasteiger partial charge in [-0.3, -0.25) is 4.79 Å². The molecule has 0 saturated heterocycles. The minimum Gasteiger partial charge on any atom is -0.476 e. The second-order valence-electron chi connectivity index (χ2n) is 3.09. The van der Waals surface area contributed by atoms with Crippen molar-refractivity contribution in [1.29, 1.82) is 0 Å². The molecule has 0 bridgehead atoms. The zero-order valence-corrected chi connectivity index (χ0v) is 8.90. The van der Waals surface area contributed by atoms with Crippen molar-refractivity contribution in [2.24, 2.45) is 0 Å². The Morgan fingerprint density at radius 1 is 1.50 bits per heavy atom. The van der Waals surface area contributed by atoms with Crippen LogP contribution >= 0.6 is 0 Å². The molecule has 5 heteroatoms. The molecule has 0 aromatic heterocycles. The summed E-state index contributed by atoms with van der Waals surface area (Å²) in [5.41, 5.74) is 0.204. The van der Waals surface area contributed by atoms with Gasteiger partial charge in [-0.1, -0.05) is 0 Å². The summed E-state index contributed by atoms with van der Waals surface area (Å²) in [4.78, 5) is 21.4. The zero-order valence-electron chi connectivity index (χ0n) is 8.90. The summed E-state index contributed by atoms with van der Waals surface area (Å²) in [5.74, 6) is -1.39. The lowest BCUT2D eigenvalue weighted by molar-refractivity contribution is -0.148. The monoisotopic (exact) mass is 226 g/mol. The molecular weight excluding hydrogens is 215 g/mol. The average molecular weight is 226 g/mol. The normalized spacial score (nSPS) is 11.7. The lowest BCUT2D eigenvalue weighted by Gasteiger charge is -2.12. The predicted molar refractivity (Wildman–Crippen MR) is 53.9 cm³/mol. The zero-order chi connectivity index (χ0) is 12.1. The SMILES string of the molecule is COC(=O)[C@H](C)Oc1ccc(C=O)cc1F. The lowest BCUT2D eigenvalue weighted by Crippen LogP contribution is -2.25. The quantitative estimate of drug-likeness (QED) is 0.577. The van der Waals surface area contributed by atoms with Crippen molar-refractivity contribution in [3.05, 3.63) is 29.6 Å². The number of hydrogen-bond donors (Lipinski definition) is 0. The van der Waals surface area contributed by atoms with Crippen molar-refractivity contribution in [3.63, 3.8) is 0 Å². The Kier molecular flexibility index (Phi) is 3.99. The number of ether oxygens (including phenoxy) is 2. The van der Waals surface area contributed by atoms with Crippen LogP contribution < -0.4 is 4.74 Å². The van der Waals surface area contributed by atoms with Gasteiger partial charge in [0.15, 0.2) is 17.7 Å². The molecule has 86 valence electrons. The van der Waals surface area contributed by atoms with Crippen molar-refractivity contribution < 1.29 is 23.5 Å². The first-order valence-corrected chi connectivity index (χ1v) is 4.57. The highest BCUT2D eigenvalue weighted by atomic mass is 19.1. The van der Waals surface area contributed by atoms with Crippen LogP contribution in [0.1, 0.15) is 17.3 Å². The Bertz CT molecular complexity index is 403. The summed E-state index contributed by atoms with van der Waals surface area (Å²) >= 11 is 0. The Morgan fingerprint density at radius 3 is 2.69 bits per heavy atom.